The van der Waals surface area contributed by atoms with Gasteiger partial charge < -0.3 is 20.4 Å². The molecule has 1 aliphatic carbocycles. The van der Waals surface area contributed by atoms with E-state index in [-0.39, 0.29) is 24.5 Å². The molecule has 0 radical (unpaired) electrons. The van der Waals surface area contributed by atoms with Crippen LogP contribution < -0.4 is 5.32 Å². The number of carboxylic acid groups (broad SMARTS) is 1. The fraction of sp³-hybridized carbons (Fsp3) is 0.833. The first-order valence-electron chi connectivity index (χ1n) is 6.38. The first kappa shape index (κ1) is 14.8. The van der Waals surface area contributed by atoms with Crippen molar-refractivity contribution in [2.75, 3.05) is 26.2 Å². The number of carbonyl (C=O) groups is 2. The molecule has 0 unspecified atom stereocenters. The van der Waals surface area contributed by atoms with Crippen molar-refractivity contribution in [1.82, 2.24) is 10.2 Å². The van der Waals surface area contributed by atoms with Gasteiger partial charge in [0.05, 0.1) is 13.0 Å². The summed E-state index contributed by atoms with van der Waals surface area (Å²) in [6.07, 6.45) is 2.84. The normalized spacial score (nSPS) is 16.8. The number of nitrogens with zero attached hydrogens (tertiary/aromatic N) is 1. The molecule has 0 saturated heterocycles. The maximum Gasteiger partial charge on any atom is 0.317 e. The molecule has 1 saturated carbocycles. The highest BCUT2D eigenvalue weighted by Gasteiger charge is 2.39. The van der Waals surface area contributed by atoms with Crippen LogP contribution in [0.2, 0.25) is 0 Å². The third kappa shape index (κ3) is 3.87. The molecule has 0 aliphatic heterocycles. The van der Waals surface area contributed by atoms with Gasteiger partial charge in [0.15, 0.2) is 0 Å². The van der Waals surface area contributed by atoms with Crippen molar-refractivity contribution < 1.29 is 19.8 Å². The molecule has 0 aromatic rings. The number of aliphatic hydroxyl groups excluding tert-OH is 1. The monoisotopic (exact) mass is 258 g/mol. The molecule has 104 valence electrons. The Labute approximate surface area is 107 Å². The number of hydrogen-bond donors (Lipinski definition) is 3. The van der Waals surface area contributed by atoms with Gasteiger partial charge in [-0.25, -0.2) is 4.79 Å². The van der Waals surface area contributed by atoms with Crippen LogP contribution in [0.5, 0.6) is 0 Å². The largest absolute Gasteiger partial charge is 0.481 e. The van der Waals surface area contributed by atoms with Gasteiger partial charge in [0, 0.05) is 19.6 Å². The fourth-order valence-electron chi connectivity index (χ4n) is 2.31. The molecule has 2 amide bonds. The van der Waals surface area contributed by atoms with E-state index >= 15 is 0 Å². The Kier molecular flexibility index (Phi) is 5.40. The lowest BCUT2D eigenvalue weighted by molar-refractivity contribution is -0.141. The highest BCUT2D eigenvalue weighted by molar-refractivity contribution is 5.74. The van der Waals surface area contributed by atoms with Gasteiger partial charge in [-0.05, 0) is 25.2 Å². The standard InChI is InChI=1S/C12H22N2O4/c1-2-14(6-7-15)11(18)13-9-12(4-3-5-12)8-10(16)17/h15H,2-9H2,1H3,(H,13,18)(H,16,17). The van der Waals surface area contributed by atoms with Gasteiger partial charge in [-0.2, -0.15) is 0 Å². The van der Waals surface area contributed by atoms with Crippen molar-refractivity contribution in [2.24, 2.45) is 5.41 Å². The number of carbonyl (C=O) groups excluding carboxylic acids is 1. The third-order valence-corrected chi connectivity index (χ3v) is 3.59. The Balaban J connectivity index is 2.42. The van der Waals surface area contributed by atoms with Gasteiger partial charge in [0.1, 0.15) is 0 Å². The van der Waals surface area contributed by atoms with Crippen LogP contribution in [0.1, 0.15) is 32.6 Å². The summed E-state index contributed by atoms with van der Waals surface area (Å²) in [5.74, 6) is -0.813. The molecule has 0 bridgehead atoms. The molecular weight excluding hydrogens is 236 g/mol. The molecule has 6 nitrogen and oxygen atoms in total. The Morgan fingerprint density at radius 2 is 2.06 bits per heavy atom. The average Bonchev–Trinajstić information content (AvgIpc) is 2.28. The van der Waals surface area contributed by atoms with Gasteiger partial charge in [-0.3, -0.25) is 4.79 Å². The second-order valence-electron chi connectivity index (χ2n) is 4.89. The Morgan fingerprint density at radius 1 is 1.39 bits per heavy atom. The third-order valence-electron chi connectivity index (χ3n) is 3.59. The Hall–Kier alpha value is -1.30. The highest BCUT2D eigenvalue weighted by atomic mass is 16.4. The van der Waals surface area contributed by atoms with Crippen LogP contribution >= 0.6 is 0 Å². The number of rotatable bonds is 7. The van der Waals surface area contributed by atoms with Crippen LogP contribution in [0.15, 0.2) is 0 Å². The summed E-state index contributed by atoms with van der Waals surface area (Å²) in [6, 6.07) is -0.233. The first-order chi connectivity index (χ1) is 8.53. The van der Waals surface area contributed by atoms with Crippen molar-refractivity contribution in [1.29, 1.82) is 0 Å². The SMILES string of the molecule is CCN(CCO)C(=O)NCC1(CC(=O)O)CCC1. The summed E-state index contributed by atoms with van der Waals surface area (Å²) >= 11 is 0. The van der Waals surface area contributed by atoms with Crippen LogP contribution in [-0.4, -0.2) is 53.4 Å². The van der Waals surface area contributed by atoms with Crippen LogP contribution in [0.3, 0.4) is 0 Å². The van der Waals surface area contributed by atoms with E-state index in [0.717, 1.165) is 19.3 Å². The minimum Gasteiger partial charge on any atom is -0.481 e. The van der Waals surface area contributed by atoms with Crippen molar-refractivity contribution in [3.63, 3.8) is 0 Å². The first-order valence-corrected chi connectivity index (χ1v) is 6.38. The van der Waals surface area contributed by atoms with E-state index in [1.807, 2.05) is 6.92 Å². The molecular formula is C12H22N2O4. The van der Waals surface area contributed by atoms with Gasteiger partial charge in [-0.15, -0.1) is 0 Å². The quantitative estimate of drug-likeness (QED) is 0.625. The van der Waals surface area contributed by atoms with E-state index in [4.69, 9.17) is 10.2 Å². The zero-order chi connectivity index (χ0) is 13.6. The van der Waals surface area contributed by atoms with Crippen LogP contribution in [0, 0.1) is 5.41 Å². The van der Waals surface area contributed by atoms with Gasteiger partial charge in [-0.1, -0.05) is 6.42 Å². The molecule has 1 fully saturated rings. The zero-order valence-corrected chi connectivity index (χ0v) is 10.8. The Bertz CT molecular complexity index is 302. The predicted molar refractivity (Wildman–Crippen MR) is 66.3 cm³/mol. The molecule has 0 atom stereocenters. The highest BCUT2D eigenvalue weighted by Crippen LogP contribution is 2.43. The van der Waals surface area contributed by atoms with Crippen molar-refractivity contribution >= 4 is 12.0 Å². The molecule has 0 aromatic carbocycles. The van der Waals surface area contributed by atoms with E-state index in [0.29, 0.717) is 19.6 Å². The lowest BCUT2D eigenvalue weighted by Crippen LogP contribution is -2.48. The topological polar surface area (TPSA) is 89.9 Å². The van der Waals surface area contributed by atoms with Crippen LogP contribution in [-0.2, 0) is 4.79 Å². The molecule has 3 N–H and O–H groups in total. The zero-order valence-electron chi connectivity index (χ0n) is 10.8. The van der Waals surface area contributed by atoms with E-state index in [1.54, 1.807) is 0 Å². The van der Waals surface area contributed by atoms with Crippen LogP contribution in [0.4, 0.5) is 4.79 Å². The van der Waals surface area contributed by atoms with Crippen molar-refractivity contribution in [3.8, 4) is 0 Å². The second-order valence-corrected chi connectivity index (χ2v) is 4.89. The van der Waals surface area contributed by atoms with E-state index in [9.17, 15) is 9.59 Å². The summed E-state index contributed by atoms with van der Waals surface area (Å²) in [5.41, 5.74) is -0.264. The minimum atomic E-state index is -0.813. The predicted octanol–water partition coefficient (Wildman–Crippen LogP) is 0.655. The fourth-order valence-corrected chi connectivity index (χ4v) is 2.31. The Morgan fingerprint density at radius 3 is 2.44 bits per heavy atom. The van der Waals surface area contributed by atoms with Crippen molar-refractivity contribution in [3.05, 3.63) is 0 Å². The number of hydrogen-bond acceptors (Lipinski definition) is 3. The molecule has 6 heteroatoms. The van der Waals surface area contributed by atoms with Gasteiger partial charge in [0.25, 0.3) is 0 Å². The molecule has 1 rings (SSSR count). The lowest BCUT2D eigenvalue weighted by atomic mass is 9.66. The number of aliphatic carboxylic acids is 1. The molecule has 0 heterocycles. The summed E-state index contributed by atoms with van der Waals surface area (Å²) in [6.45, 7) is 3.00. The number of nitrogens with one attached hydrogen (secondary N) is 1. The molecule has 18 heavy (non-hydrogen) atoms. The molecule has 1 aliphatic rings. The van der Waals surface area contributed by atoms with Gasteiger partial charge in [0.2, 0.25) is 0 Å². The number of aliphatic hydroxyl groups is 1. The number of likely N-dealkylation sites (N-methyl/N-ethyl adjacent to an activating group) is 1. The van der Waals surface area contributed by atoms with E-state index in [2.05, 4.69) is 5.32 Å². The van der Waals surface area contributed by atoms with Crippen LogP contribution in [0.25, 0.3) is 0 Å². The van der Waals surface area contributed by atoms with E-state index in [1.165, 1.54) is 4.90 Å². The minimum absolute atomic E-state index is 0.0679. The molecule has 0 aromatic heterocycles. The van der Waals surface area contributed by atoms with Gasteiger partial charge >= 0.3 is 12.0 Å². The lowest BCUT2D eigenvalue weighted by Gasteiger charge is -2.41. The summed E-state index contributed by atoms with van der Waals surface area (Å²) in [5, 5.41) is 20.5. The van der Waals surface area contributed by atoms with E-state index < -0.39 is 5.97 Å². The summed E-state index contributed by atoms with van der Waals surface area (Å²) in [7, 11) is 0. The summed E-state index contributed by atoms with van der Waals surface area (Å²) in [4.78, 5) is 24.1. The maximum atomic E-state index is 11.8. The number of urea groups is 1. The molecule has 0 spiro atoms. The smallest absolute Gasteiger partial charge is 0.317 e. The number of amides is 2. The number of carboxylic acids is 1. The second kappa shape index (κ2) is 6.58. The summed E-state index contributed by atoms with van der Waals surface area (Å²) < 4.78 is 0. The average molecular weight is 258 g/mol. The van der Waals surface area contributed by atoms with Crippen molar-refractivity contribution in [2.45, 2.75) is 32.6 Å². The maximum absolute atomic E-state index is 11.8.